The van der Waals surface area contributed by atoms with Crippen LogP contribution in [0, 0.1) is 0 Å². The molecule has 0 bridgehead atoms. The predicted molar refractivity (Wildman–Crippen MR) is 65.6 cm³/mol. The van der Waals surface area contributed by atoms with E-state index < -0.39 is 11.7 Å². The molecule has 1 aromatic carbocycles. The van der Waals surface area contributed by atoms with Crippen LogP contribution >= 0.6 is 0 Å². The van der Waals surface area contributed by atoms with Gasteiger partial charge in [0.15, 0.2) is 0 Å². The Morgan fingerprint density at radius 1 is 1.05 bits per heavy atom. The third kappa shape index (κ3) is 4.06. The number of ketones is 1. The van der Waals surface area contributed by atoms with Gasteiger partial charge in [-0.3, -0.25) is 9.69 Å². The van der Waals surface area contributed by atoms with Crippen LogP contribution in [0.2, 0.25) is 0 Å². The number of benzene rings is 1. The summed E-state index contributed by atoms with van der Waals surface area (Å²) in [5.41, 5.74) is 0.227. The van der Waals surface area contributed by atoms with E-state index >= 15 is 0 Å². The lowest BCUT2D eigenvalue weighted by atomic mass is 10.1. The smallest absolute Gasteiger partial charge is 0.300 e. The molecular weight excluding hydrogens is 255 g/mol. The molecule has 1 heterocycles. The first-order chi connectivity index (χ1) is 8.95. The Kier molecular flexibility index (Phi) is 4.24. The van der Waals surface area contributed by atoms with E-state index in [1.54, 1.807) is 0 Å². The van der Waals surface area contributed by atoms with Gasteiger partial charge in [-0.15, -0.1) is 0 Å². The van der Waals surface area contributed by atoms with E-state index in [1.165, 1.54) is 12.1 Å². The van der Waals surface area contributed by atoms with Crippen LogP contribution in [0.15, 0.2) is 24.3 Å². The van der Waals surface area contributed by atoms with Gasteiger partial charge in [0.05, 0.1) is 5.56 Å². The summed E-state index contributed by atoms with van der Waals surface area (Å²) in [6.07, 6.45) is -2.29. The molecular formula is C14H16F3NO. The summed E-state index contributed by atoms with van der Waals surface area (Å²) < 4.78 is 37.3. The van der Waals surface area contributed by atoms with Crippen LogP contribution in [-0.4, -0.2) is 23.8 Å². The Morgan fingerprint density at radius 2 is 1.74 bits per heavy atom. The van der Waals surface area contributed by atoms with Crippen molar-refractivity contribution in [3.63, 3.8) is 0 Å². The minimum Gasteiger partial charge on any atom is -0.300 e. The standard InChI is InChI=1S/C14H16F3NO/c15-14(16,17)12-5-3-11(4-6-12)10-18-8-1-2-13(19)7-9-18/h3-6H,1-2,7-10H2. The first kappa shape index (κ1) is 14.1. The number of rotatable bonds is 2. The summed E-state index contributed by atoms with van der Waals surface area (Å²) in [5, 5.41) is 0. The molecule has 1 saturated heterocycles. The number of hydrogen-bond acceptors (Lipinski definition) is 2. The lowest BCUT2D eigenvalue weighted by Gasteiger charge is -2.19. The first-order valence-corrected chi connectivity index (χ1v) is 6.35. The van der Waals surface area contributed by atoms with Crippen molar-refractivity contribution in [2.24, 2.45) is 0 Å². The quantitative estimate of drug-likeness (QED) is 0.823. The number of Topliss-reactive ketones (excluding diaryl/α,β-unsaturated/α-hetero) is 1. The molecule has 2 rings (SSSR count). The molecule has 0 radical (unpaired) electrons. The highest BCUT2D eigenvalue weighted by molar-refractivity contribution is 5.78. The van der Waals surface area contributed by atoms with Crippen LogP contribution in [0.4, 0.5) is 13.2 Å². The van der Waals surface area contributed by atoms with Crippen LogP contribution in [0.5, 0.6) is 0 Å². The number of likely N-dealkylation sites (tertiary alicyclic amines) is 1. The van der Waals surface area contributed by atoms with Crippen LogP contribution in [0.25, 0.3) is 0 Å². The molecule has 0 aromatic heterocycles. The molecule has 19 heavy (non-hydrogen) atoms. The normalized spacial score (nSPS) is 18.4. The van der Waals surface area contributed by atoms with Gasteiger partial charge < -0.3 is 0 Å². The highest BCUT2D eigenvalue weighted by atomic mass is 19.4. The summed E-state index contributed by atoms with van der Waals surface area (Å²) in [6.45, 7) is 2.12. The average Bonchev–Trinajstić information content (AvgIpc) is 2.54. The minimum atomic E-state index is -4.28. The van der Waals surface area contributed by atoms with Gasteiger partial charge in [0.2, 0.25) is 0 Å². The van der Waals surface area contributed by atoms with Gasteiger partial charge in [0, 0.05) is 25.9 Å². The molecule has 1 aliphatic rings. The van der Waals surface area contributed by atoms with Gasteiger partial charge in [0.25, 0.3) is 0 Å². The topological polar surface area (TPSA) is 20.3 Å². The molecule has 1 aromatic rings. The molecule has 1 fully saturated rings. The lowest BCUT2D eigenvalue weighted by Crippen LogP contribution is -2.24. The monoisotopic (exact) mass is 271 g/mol. The highest BCUT2D eigenvalue weighted by Crippen LogP contribution is 2.29. The summed E-state index contributed by atoms with van der Waals surface area (Å²) >= 11 is 0. The Bertz CT molecular complexity index is 439. The van der Waals surface area contributed by atoms with Gasteiger partial charge >= 0.3 is 6.18 Å². The van der Waals surface area contributed by atoms with E-state index in [-0.39, 0.29) is 5.78 Å². The Morgan fingerprint density at radius 3 is 2.37 bits per heavy atom. The summed E-state index contributed by atoms with van der Waals surface area (Å²) in [7, 11) is 0. The summed E-state index contributed by atoms with van der Waals surface area (Å²) in [6, 6.07) is 5.24. The van der Waals surface area contributed by atoms with Gasteiger partial charge in [-0.2, -0.15) is 13.2 Å². The highest BCUT2D eigenvalue weighted by Gasteiger charge is 2.29. The lowest BCUT2D eigenvalue weighted by molar-refractivity contribution is -0.137. The van der Waals surface area contributed by atoms with Crippen molar-refractivity contribution < 1.29 is 18.0 Å². The van der Waals surface area contributed by atoms with Crippen molar-refractivity contribution >= 4 is 5.78 Å². The molecule has 0 amide bonds. The maximum atomic E-state index is 12.4. The Labute approximate surface area is 110 Å². The molecule has 0 unspecified atom stereocenters. The third-order valence-electron chi connectivity index (χ3n) is 3.32. The molecule has 0 atom stereocenters. The molecule has 0 N–H and O–H groups in total. The molecule has 0 saturated carbocycles. The molecule has 2 nitrogen and oxygen atoms in total. The van der Waals surface area contributed by atoms with E-state index in [2.05, 4.69) is 4.90 Å². The molecule has 0 spiro atoms. The van der Waals surface area contributed by atoms with Crippen LogP contribution in [-0.2, 0) is 17.5 Å². The molecule has 104 valence electrons. The zero-order valence-corrected chi connectivity index (χ0v) is 10.5. The van der Waals surface area contributed by atoms with Crippen molar-refractivity contribution in [2.75, 3.05) is 13.1 Å². The minimum absolute atomic E-state index is 0.273. The summed E-state index contributed by atoms with van der Waals surface area (Å²) in [5.74, 6) is 0.273. The van der Waals surface area contributed by atoms with Gasteiger partial charge in [-0.05, 0) is 30.7 Å². The second kappa shape index (κ2) is 5.74. The maximum absolute atomic E-state index is 12.4. The zero-order valence-electron chi connectivity index (χ0n) is 10.5. The first-order valence-electron chi connectivity index (χ1n) is 6.35. The summed E-state index contributed by atoms with van der Waals surface area (Å²) in [4.78, 5) is 13.4. The van der Waals surface area contributed by atoms with E-state index in [0.29, 0.717) is 25.9 Å². The van der Waals surface area contributed by atoms with E-state index in [9.17, 15) is 18.0 Å². The largest absolute Gasteiger partial charge is 0.416 e. The van der Waals surface area contributed by atoms with Crippen LogP contribution in [0.1, 0.15) is 30.4 Å². The van der Waals surface area contributed by atoms with Crippen LogP contribution in [0.3, 0.4) is 0 Å². The fourth-order valence-corrected chi connectivity index (χ4v) is 2.23. The van der Waals surface area contributed by atoms with Gasteiger partial charge in [-0.1, -0.05) is 12.1 Å². The van der Waals surface area contributed by atoms with E-state index in [1.807, 2.05) is 0 Å². The maximum Gasteiger partial charge on any atom is 0.416 e. The number of hydrogen-bond donors (Lipinski definition) is 0. The van der Waals surface area contributed by atoms with Gasteiger partial charge in [0.1, 0.15) is 5.78 Å². The van der Waals surface area contributed by atoms with Crippen molar-refractivity contribution in [3.05, 3.63) is 35.4 Å². The van der Waals surface area contributed by atoms with E-state index in [0.717, 1.165) is 30.7 Å². The fourth-order valence-electron chi connectivity index (χ4n) is 2.23. The van der Waals surface area contributed by atoms with Crippen LogP contribution < -0.4 is 0 Å². The number of alkyl halides is 3. The Hall–Kier alpha value is -1.36. The number of carbonyl (C=O) groups excluding carboxylic acids is 1. The fraction of sp³-hybridized carbons (Fsp3) is 0.500. The predicted octanol–water partition coefficient (Wildman–Crippen LogP) is 3.26. The van der Waals surface area contributed by atoms with Gasteiger partial charge in [-0.25, -0.2) is 0 Å². The SMILES string of the molecule is O=C1CCCN(Cc2ccc(C(F)(F)F)cc2)CC1. The second-order valence-corrected chi connectivity index (χ2v) is 4.86. The molecule has 0 aliphatic carbocycles. The van der Waals surface area contributed by atoms with E-state index in [4.69, 9.17) is 0 Å². The average molecular weight is 271 g/mol. The number of carbonyl (C=O) groups is 1. The second-order valence-electron chi connectivity index (χ2n) is 4.86. The van der Waals surface area contributed by atoms with Crippen molar-refractivity contribution in [3.8, 4) is 0 Å². The number of halogens is 3. The molecule has 1 aliphatic heterocycles. The number of nitrogens with zero attached hydrogens (tertiary/aromatic N) is 1. The molecule has 5 heteroatoms. The van der Waals surface area contributed by atoms with Crippen molar-refractivity contribution in [1.82, 2.24) is 4.90 Å². The third-order valence-corrected chi connectivity index (χ3v) is 3.32. The van der Waals surface area contributed by atoms with Crippen molar-refractivity contribution in [1.29, 1.82) is 0 Å². The van der Waals surface area contributed by atoms with Crippen molar-refractivity contribution in [2.45, 2.75) is 32.0 Å². The zero-order chi connectivity index (χ0) is 13.9. The Balaban J connectivity index is 1.97.